The van der Waals surface area contributed by atoms with Gasteiger partial charge in [-0.2, -0.15) is 0 Å². The van der Waals surface area contributed by atoms with Gasteiger partial charge in [-0.25, -0.2) is 0 Å². The molecule has 0 atom stereocenters. The monoisotopic (exact) mass is 186 g/mol. The number of unbranched alkanes of at least 4 members (excludes halogenated alkanes) is 1. The lowest BCUT2D eigenvalue weighted by molar-refractivity contribution is -0.139. The fraction of sp³-hybridized carbons (Fsp3) is 0.818. The molecule has 78 valence electrons. The Morgan fingerprint density at radius 1 is 1.15 bits per heavy atom. The third kappa shape index (κ3) is 8.00. The molecular formula is C11H22O2. The molecule has 0 aliphatic heterocycles. The van der Waals surface area contributed by atoms with E-state index >= 15 is 0 Å². The van der Waals surface area contributed by atoms with E-state index in [2.05, 4.69) is 12.2 Å². The Kier molecular flexibility index (Phi) is 9.49. The number of allylic oxidation sites excluding steroid dienone is 2. The van der Waals surface area contributed by atoms with Crippen LogP contribution in [0, 0.1) is 0 Å². The Bertz CT molecular complexity index is 115. The van der Waals surface area contributed by atoms with E-state index in [4.69, 9.17) is 9.47 Å². The van der Waals surface area contributed by atoms with Crippen LogP contribution in [0.5, 0.6) is 0 Å². The number of ether oxygens (including phenoxy) is 2. The first-order chi connectivity index (χ1) is 6.35. The average Bonchev–Trinajstić information content (AvgIpc) is 2.13. The van der Waals surface area contributed by atoms with Gasteiger partial charge >= 0.3 is 0 Å². The highest BCUT2D eigenvalue weighted by Crippen LogP contribution is 2.07. The van der Waals surface area contributed by atoms with Gasteiger partial charge in [-0.15, -0.1) is 0 Å². The van der Waals surface area contributed by atoms with Gasteiger partial charge in [0.25, 0.3) is 0 Å². The molecule has 0 amide bonds. The molecule has 0 saturated heterocycles. The topological polar surface area (TPSA) is 18.5 Å². The summed E-state index contributed by atoms with van der Waals surface area (Å²) in [5, 5.41) is 0. The van der Waals surface area contributed by atoms with Gasteiger partial charge in [0.05, 0.1) is 0 Å². The van der Waals surface area contributed by atoms with Gasteiger partial charge in [0.15, 0.2) is 6.29 Å². The van der Waals surface area contributed by atoms with Crippen molar-refractivity contribution in [1.29, 1.82) is 0 Å². The molecule has 0 aliphatic carbocycles. The lowest BCUT2D eigenvalue weighted by Crippen LogP contribution is -2.16. The van der Waals surface area contributed by atoms with Gasteiger partial charge in [-0.3, -0.25) is 0 Å². The van der Waals surface area contributed by atoms with Crippen molar-refractivity contribution in [3.8, 4) is 0 Å². The molecule has 0 heterocycles. The van der Waals surface area contributed by atoms with E-state index in [1.807, 2.05) is 20.8 Å². The van der Waals surface area contributed by atoms with E-state index in [9.17, 15) is 0 Å². The SMILES string of the molecule is C/C=C/CCCC(OCC)OCC. The summed E-state index contributed by atoms with van der Waals surface area (Å²) in [6.07, 6.45) is 7.50. The van der Waals surface area contributed by atoms with E-state index in [1.165, 1.54) is 0 Å². The summed E-state index contributed by atoms with van der Waals surface area (Å²) in [6, 6.07) is 0. The largest absolute Gasteiger partial charge is 0.353 e. The van der Waals surface area contributed by atoms with E-state index in [0.717, 1.165) is 32.5 Å². The first-order valence-corrected chi connectivity index (χ1v) is 5.19. The third-order valence-electron chi connectivity index (χ3n) is 1.75. The Balaban J connectivity index is 3.43. The van der Waals surface area contributed by atoms with E-state index in [1.54, 1.807) is 0 Å². The van der Waals surface area contributed by atoms with Crippen LogP contribution in [0.3, 0.4) is 0 Å². The molecule has 0 N–H and O–H groups in total. The van der Waals surface area contributed by atoms with Crippen molar-refractivity contribution in [2.75, 3.05) is 13.2 Å². The first-order valence-electron chi connectivity index (χ1n) is 5.19. The summed E-state index contributed by atoms with van der Waals surface area (Å²) >= 11 is 0. The highest BCUT2D eigenvalue weighted by Gasteiger charge is 2.05. The van der Waals surface area contributed by atoms with E-state index in [-0.39, 0.29) is 6.29 Å². The van der Waals surface area contributed by atoms with Gasteiger partial charge < -0.3 is 9.47 Å². The molecule has 0 aromatic rings. The minimum Gasteiger partial charge on any atom is -0.353 e. The molecule has 0 fully saturated rings. The quantitative estimate of drug-likeness (QED) is 0.329. The summed E-state index contributed by atoms with van der Waals surface area (Å²) in [6.45, 7) is 7.50. The Morgan fingerprint density at radius 2 is 1.77 bits per heavy atom. The van der Waals surface area contributed by atoms with Crippen molar-refractivity contribution < 1.29 is 9.47 Å². The zero-order valence-electron chi connectivity index (χ0n) is 9.08. The van der Waals surface area contributed by atoms with E-state index < -0.39 is 0 Å². The fourth-order valence-electron chi connectivity index (χ4n) is 1.16. The van der Waals surface area contributed by atoms with Gasteiger partial charge in [0.2, 0.25) is 0 Å². The second-order valence-corrected chi connectivity index (χ2v) is 2.84. The molecule has 0 aliphatic rings. The predicted molar refractivity (Wildman–Crippen MR) is 55.7 cm³/mol. The molecule has 0 aromatic carbocycles. The van der Waals surface area contributed by atoms with Gasteiger partial charge in [0, 0.05) is 13.2 Å². The number of hydrogen-bond acceptors (Lipinski definition) is 2. The summed E-state index contributed by atoms with van der Waals surface area (Å²) in [4.78, 5) is 0. The van der Waals surface area contributed by atoms with Crippen molar-refractivity contribution in [3.63, 3.8) is 0 Å². The summed E-state index contributed by atoms with van der Waals surface area (Å²) < 4.78 is 10.8. The van der Waals surface area contributed by atoms with Crippen LogP contribution in [-0.4, -0.2) is 19.5 Å². The summed E-state index contributed by atoms with van der Waals surface area (Å²) in [5.41, 5.74) is 0. The Hall–Kier alpha value is -0.340. The lowest BCUT2D eigenvalue weighted by Gasteiger charge is -2.15. The minimum atomic E-state index is 0.000237. The smallest absolute Gasteiger partial charge is 0.157 e. The Labute approximate surface area is 81.9 Å². The van der Waals surface area contributed by atoms with Crippen LogP contribution in [0.1, 0.15) is 40.0 Å². The Morgan fingerprint density at radius 3 is 2.23 bits per heavy atom. The average molecular weight is 186 g/mol. The lowest BCUT2D eigenvalue weighted by atomic mass is 10.2. The van der Waals surface area contributed by atoms with Crippen molar-refractivity contribution in [1.82, 2.24) is 0 Å². The van der Waals surface area contributed by atoms with Crippen LogP contribution in [-0.2, 0) is 9.47 Å². The van der Waals surface area contributed by atoms with Crippen LogP contribution in [0.4, 0.5) is 0 Å². The first kappa shape index (κ1) is 12.7. The zero-order valence-corrected chi connectivity index (χ0v) is 9.08. The molecule has 0 spiro atoms. The summed E-state index contributed by atoms with van der Waals surface area (Å²) in [7, 11) is 0. The molecule has 13 heavy (non-hydrogen) atoms. The van der Waals surface area contributed by atoms with Crippen molar-refractivity contribution in [2.24, 2.45) is 0 Å². The van der Waals surface area contributed by atoms with Crippen molar-refractivity contribution >= 4 is 0 Å². The van der Waals surface area contributed by atoms with Gasteiger partial charge in [0.1, 0.15) is 0 Å². The normalized spacial score (nSPS) is 11.7. The maximum absolute atomic E-state index is 5.42. The minimum absolute atomic E-state index is 0.000237. The maximum atomic E-state index is 5.42. The standard InChI is InChI=1S/C11H22O2/c1-4-7-8-9-10-11(12-5-2)13-6-3/h4,7,11H,5-6,8-10H2,1-3H3/b7-4+. The highest BCUT2D eigenvalue weighted by molar-refractivity contribution is 4.76. The second kappa shape index (κ2) is 9.75. The van der Waals surface area contributed by atoms with Crippen LogP contribution in [0.25, 0.3) is 0 Å². The second-order valence-electron chi connectivity index (χ2n) is 2.84. The zero-order chi connectivity index (χ0) is 9.94. The highest BCUT2D eigenvalue weighted by atomic mass is 16.7. The predicted octanol–water partition coefficient (Wildman–Crippen LogP) is 3.13. The molecule has 0 aromatic heterocycles. The number of rotatable bonds is 8. The molecular weight excluding hydrogens is 164 g/mol. The summed E-state index contributed by atoms with van der Waals surface area (Å²) in [5.74, 6) is 0. The van der Waals surface area contributed by atoms with Crippen LogP contribution in [0.2, 0.25) is 0 Å². The molecule has 0 bridgehead atoms. The molecule has 0 unspecified atom stereocenters. The number of hydrogen-bond donors (Lipinski definition) is 0. The van der Waals surface area contributed by atoms with Crippen LogP contribution < -0.4 is 0 Å². The fourth-order valence-corrected chi connectivity index (χ4v) is 1.16. The molecule has 0 saturated carbocycles. The van der Waals surface area contributed by atoms with Gasteiger partial charge in [-0.05, 0) is 40.0 Å². The third-order valence-corrected chi connectivity index (χ3v) is 1.75. The molecule has 0 rings (SSSR count). The maximum Gasteiger partial charge on any atom is 0.157 e. The molecule has 0 radical (unpaired) electrons. The van der Waals surface area contributed by atoms with Gasteiger partial charge in [-0.1, -0.05) is 12.2 Å². The van der Waals surface area contributed by atoms with Crippen LogP contribution in [0.15, 0.2) is 12.2 Å². The van der Waals surface area contributed by atoms with Crippen molar-refractivity contribution in [3.05, 3.63) is 12.2 Å². The van der Waals surface area contributed by atoms with E-state index in [0.29, 0.717) is 0 Å². The van der Waals surface area contributed by atoms with Crippen molar-refractivity contribution in [2.45, 2.75) is 46.3 Å². The van der Waals surface area contributed by atoms with Crippen LogP contribution >= 0.6 is 0 Å². The molecule has 2 nitrogen and oxygen atoms in total. The molecule has 2 heteroatoms.